The van der Waals surface area contributed by atoms with Crippen LogP contribution in [0.4, 0.5) is 5.69 Å². The van der Waals surface area contributed by atoms with E-state index in [-0.39, 0.29) is 11.8 Å². The number of amides is 1. The topological polar surface area (TPSA) is 41.1 Å². The molecule has 0 heterocycles. The van der Waals surface area contributed by atoms with Crippen LogP contribution in [0, 0.1) is 5.92 Å². The molecule has 1 aliphatic carbocycles. The Kier molecular flexibility index (Phi) is 4.37. The van der Waals surface area contributed by atoms with Crippen LogP contribution in [0.25, 0.3) is 0 Å². The van der Waals surface area contributed by atoms with E-state index in [1.54, 1.807) is 0 Å². The average Bonchev–Trinajstić information content (AvgIpc) is 2.27. The van der Waals surface area contributed by atoms with Crippen LogP contribution in [0.1, 0.15) is 44.7 Å². The Morgan fingerprint density at radius 1 is 1.44 bits per heavy atom. The minimum Gasteiger partial charge on any atom is -0.326 e. The molecule has 0 saturated heterocycles. The Morgan fingerprint density at radius 3 is 2.83 bits per heavy atom. The quantitative estimate of drug-likeness (QED) is 0.838. The molecule has 1 unspecified atom stereocenters. The number of rotatable bonds is 5. The van der Waals surface area contributed by atoms with Gasteiger partial charge in [0.1, 0.15) is 0 Å². The second-order valence-electron chi connectivity index (χ2n) is 5.02. The normalized spacial score (nSPS) is 17.0. The molecule has 0 bridgehead atoms. The summed E-state index contributed by atoms with van der Waals surface area (Å²) < 4.78 is 0. The zero-order valence-corrected chi connectivity index (χ0v) is 11.2. The summed E-state index contributed by atoms with van der Waals surface area (Å²) in [4.78, 5) is 11.9. The van der Waals surface area contributed by atoms with Gasteiger partial charge in [-0.25, -0.2) is 0 Å². The van der Waals surface area contributed by atoms with Crippen molar-refractivity contribution in [3.05, 3.63) is 29.8 Å². The predicted molar refractivity (Wildman–Crippen MR) is 74.5 cm³/mol. The molecule has 1 aromatic rings. The molecule has 1 aliphatic rings. The summed E-state index contributed by atoms with van der Waals surface area (Å²) in [7, 11) is 0. The lowest BCUT2D eigenvalue weighted by Crippen LogP contribution is -2.28. The standard InChI is InChI=1S/C15H22N2O/c1-3-16-11(2)13-8-5-9-14(10-13)17-15(18)12-6-4-7-12/h5,8-12,16H,3-4,6-7H2,1-2H3,(H,17,18). The Hall–Kier alpha value is -1.35. The van der Waals surface area contributed by atoms with Gasteiger partial charge in [-0.15, -0.1) is 0 Å². The zero-order valence-electron chi connectivity index (χ0n) is 11.2. The fourth-order valence-corrected chi connectivity index (χ4v) is 2.22. The van der Waals surface area contributed by atoms with Crippen molar-refractivity contribution in [1.82, 2.24) is 5.32 Å². The first-order valence-corrected chi connectivity index (χ1v) is 6.85. The van der Waals surface area contributed by atoms with Crippen LogP contribution in [0.3, 0.4) is 0 Å². The second kappa shape index (κ2) is 6.01. The summed E-state index contributed by atoms with van der Waals surface area (Å²) in [6.45, 7) is 5.18. The maximum absolute atomic E-state index is 11.9. The monoisotopic (exact) mass is 246 g/mol. The van der Waals surface area contributed by atoms with Gasteiger partial charge in [0, 0.05) is 17.6 Å². The van der Waals surface area contributed by atoms with Crippen LogP contribution in [-0.4, -0.2) is 12.5 Å². The largest absolute Gasteiger partial charge is 0.326 e. The van der Waals surface area contributed by atoms with E-state index >= 15 is 0 Å². The third-order valence-electron chi connectivity index (χ3n) is 3.64. The van der Waals surface area contributed by atoms with Crippen molar-refractivity contribution in [3.8, 4) is 0 Å². The van der Waals surface area contributed by atoms with Crippen molar-refractivity contribution in [2.24, 2.45) is 5.92 Å². The molecule has 0 spiro atoms. The first kappa shape index (κ1) is 13.1. The van der Waals surface area contributed by atoms with Gasteiger partial charge in [-0.05, 0) is 44.0 Å². The number of carbonyl (C=O) groups excluding carboxylic acids is 1. The van der Waals surface area contributed by atoms with E-state index in [4.69, 9.17) is 0 Å². The van der Waals surface area contributed by atoms with Gasteiger partial charge in [-0.1, -0.05) is 25.5 Å². The summed E-state index contributed by atoms with van der Waals surface area (Å²) in [5.41, 5.74) is 2.12. The number of benzene rings is 1. The Bertz CT molecular complexity index is 413. The molecule has 1 atom stereocenters. The zero-order chi connectivity index (χ0) is 13.0. The smallest absolute Gasteiger partial charge is 0.227 e. The van der Waals surface area contributed by atoms with Crippen molar-refractivity contribution in [2.75, 3.05) is 11.9 Å². The first-order chi connectivity index (χ1) is 8.70. The SMILES string of the molecule is CCNC(C)c1cccc(NC(=O)C2CCC2)c1. The molecule has 3 nitrogen and oxygen atoms in total. The molecular weight excluding hydrogens is 224 g/mol. The molecule has 0 radical (unpaired) electrons. The van der Waals surface area contributed by atoms with Crippen molar-refractivity contribution in [2.45, 2.75) is 39.2 Å². The number of carbonyl (C=O) groups is 1. The minimum atomic E-state index is 0.175. The molecule has 1 aromatic carbocycles. The highest BCUT2D eigenvalue weighted by Crippen LogP contribution is 2.28. The van der Waals surface area contributed by atoms with Crippen molar-refractivity contribution in [3.63, 3.8) is 0 Å². The van der Waals surface area contributed by atoms with Gasteiger partial charge in [0.2, 0.25) is 5.91 Å². The van der Waals surface area contributed by atoms with Gasteiger partial charge in [0.05, 0.1) is 0 Å². The molecule has 2 rings (SSSR count). The predicted octanol–water partition coefficient (Wildman–Crippen LogP) is 3.10. The lowest BCUT2D eigenvalue weighted by Gasteiger charge is -2.24. The Labute approximate surface area is 109 Å². The molecule has 0 aliphatic heterocycles. The molecular formula is C15H22N2O. The fraction of sp³-hybridized carbons (Fsp3) is 0.533. The maximum Gasteiger partial charge on any atom is 0.227 e. The molecule has 1 amide bonds. The van der Waals surface area contributed by atoms with Crippen LogP contribution in [0.2, 0.25) is 0 Å². The van der Waals surface area contributed by atoms with Crippen LogP contribution in [0.15, 0.2) is 24.3 Å². The highest BCUT2D eigenvalue weighted by Gasteiger charge is 2.25. The van der Waals surface area contributed by atoms with Crippen LogP contribution < -0.4 is 10.6 Å². The molecule has 18 heavy (non-hydrogen) atoms. The summed E-state index contributed by atoms with van der Waals surface area (Å²) in [6, 6.07) is 8.42. The summed E-state index contributed by atoms with van der Waals surface area (Å²) >= 11 is 0. The van der Waals surface area contributed by atoms with Crippen LogP contribution in [-0.2, 0) is 4.79 Å². The van der Waals surface area contributed by atoms with Crippen LogP contribution in [0.5, 0.6) is 0 Å². The Morgan fingerprint density at radius 2 is 2.22 bits per heavy atom. The van der Waals surface area contributed by atoms with Crippen molar-refractivity contribution in [1.29, 1.82) is 0 Å². The maximum atomic E-state index is 11.9. The Balaban J connectivity index is 2.00. The number of nitrogens with one attached hydrogen (secondary N) is 2. The molecule has 0 aromatic heterocycles. The third-order valence-corrected chi connectivity index (χ3v) is 3.64. The van der Waals surface area contributed by atoms with Gasteiger partial charge < -0.3 is 10.6 Å². The van der Waals surface area contributed by atoms with Crippen LogP contribution >= 0.6 is 0 Å². The summed E-state index contributed by atoms with van der Waals surface area (Å²) in [5.74, 6) is 0.411. The van der Waals surface area contributed by atoms with Crippen molar-refractivity contribution < 1.29 is 4.79 Å². The van der Waals surface area contributed by atoms with Crippen molar-refractivity contribution >= 4 is 11.6 Å². The van der Waals surface area contributed by atoms with E-state index in [1.165, 1.54) is 12.0 Å². The van der Waals surface area contributed by atoms with Gasteiger partial charge in [-0.3, -0.25) is 4.79 Å². The second-order valence-corrected chi connectivity index (χ2v) is 5.02. The summed E-state index contributed by atoms with van der Waals surface area (Å²) in [6.07, 6.45) is 3.27. The number of anilines is 1. The first-order valence-electron chi connectivity index (χ1n) is 6.85. The third kappa shape index (κ3) is 3.10. The molecule has 2 N–H and O–H groups in total. The van der Waals surface area contributed by atoms with E-state index in [9.17, 15) is 4.79 Å². The van der Waals surface area contributed by atoms with Gasteiger partial charge in [0.15, 0.2) is 0 Å². The van der Waals surface area contributed by atoms with Gasteiger partial charge in [-0.2, -0.15) is 0 Å². The van der Waals surface area contributed by atoms with E-state index in [1.807, 2.05) is 12.1 Å². The van der Waals surface area contributed by atoms with E-state index in [0.29, 0.717) is 6.04 Å². The fourth-order valence-electron chi connectivity index (χ4n) is 2.22. The van der Waals surface area contributed by atoms with E-state index in [2.05, 4.69) is 36.6 Å². The lowest BCUT2D eigenvalue weighted by atomic mass is 9.85. The highest BCUT2D eigenvalue weighted by molar-refractivity contribution is 5.93. The van der Waals surface area contributed by atoms with Gasteiger partial charge in [0.25, 0.3) is 0 Å². The van der Waals surface area contributed by atoms with E-state index < -0.39 is 0 Å². The minimum absolute atomic E-state index is 0.175. The number of hydrogen-bond acceptors (Lipinski definition) is 2. The van der Waals surface area contributed by atoms with Gasteiger partial charge >= 0.3 is 0 Å². The highest BCUT2D eigenvalue weighted by atomic mass is 16.1. The average molecular weight is 246 g/mol. The molecule has 1 saturated carbocycles. The van der Waals surface area contributed by atoms with E-state index in [0.717, 1.165) is 25.1 Å². The number of hydrogen-bond donors (Lipinski definition) is 2. The lowest BCUT2D eigenvalue weighted by molar-refractivity contribution is -0.122. The molecule has 1 fully saturated rings. The molecule has 3 heteroatoms. The molecule has 98 valence electrons. The summed E-state index contributed by atoms with van der Waals surface area (Å²) in [5, 5.41) is 6.39.